The maximum absolute atomic E-state index is 13.2. The van der Waals surface area contributed by atoms with Crippen molar-refractivity contribution < 1.29 is 14.3 Å². The Kier molecular flexibility index (Phi) is 6.32. The molecule has 0 bridgehead atoms. The quantitative estimate of drug-likeness (QED) is 0.791. The van der Waals surface area contributed by atoms with Gasteiger partial charge in [-0.05, 0) is 49.9 Å². The summed E-state index contributed by atoms with van der Waals surface area (Å²) in [7, 11) is 0. The number of halogens is 1. The normalized spacial score (nSPS) is 15.7. The summed E-state index contributed by atoms with van der Waals surface area (Å²) < 4.78 is 15.2. The highest BCUT2D eigenvalue weighted by atomic mass is 19.1. The molecule has 0 aliphatic heterocycles. The van der Waals surface area contributed by atoms with Gasteiger partial charge in [0, 0.05) is 36.1 Å². The highest BCUT2D eigenvalue weighted by Gasteiger charge is 2.20. The van der Waals surface area contributed by atoms with Crippen LogP contribution in [0, 0.1) is 19.7 Å². The summed E-state index contributed by atoms with van der Waals surface area (Å²) in [6.45, 7) is 4.82. The van der Waals surface area contributed by atoms with Gasteiger partial charge in [-0.2, -0.15) is 0 Å². The van der Waals surface area contributed by atoms with Crippen molar-refractivity contribution in [3.8, 4) is 0 Å². The van der Waals surface area contributed by atoms with Crippen molar-refractivity contribution in [1.29, 1.82) is 0 Å². The molecule has 1 fully saturated rings. The maximum atomic E-state index is 13.2. The van der Waals surface area contributed by atoms with Gasteiger partial charge in [0.2, 0.25) is 0 Å². The zero-order valence-corrected chi connectivity index (χ0v) is 16.2. The first-order valence-electron chi connectivity index (χ1n) is 9.85. The summed E-state index contributed by atoms with van der Waals surface area (Å²) in [4.78, 5) is 11.8. The van der Waals surface area contributed by atoms with Crippen molar-refractivity contribution in [1.82, 2.24) is 9.88 Å². The molecule has 5 heteroatoms. The van der Waals surface area contributed by atoms with E-state index in [2.05, 4.69) is 5.32 Å². The SMILES string of the molecule is Cc1c(CNC2CCCCCC2)c(C(=O)[O-])c(C)n1Cc1ccc(F)cc1. The molecule has 1 aliphatic carbocycles. The summed E-state index contributed by atoms with van der Waals surface area (Å²) >= 11 is 0. The van der Waals surface area contributed by atoms with E-state index in [-0.39, 0.29) is 11.4 Å². The Bertz CT molecular complexity index is 788. The lowest BCUT2D eigenvalue weighted by atomic mass is 10.1. The number of carbonyl (C=O) groups is 1. The molecule has 1 aromatic heterocycles. The van der Waals surface area contributed by atoms with E-state index in [1.807, 2.05) is 18.4 Å². The molecule has 1 saturated carbocycles. The number of aromatic nitrogens is 1. The molecule has 1 heterocycles. The molecule has 0 unspecified atom stereocenters. The summed E-state index contributed by atoms with van der Waals surface area (Å²) in [5, 5.41) is 15.4. The molecule has 27 heavy (non-hydrogen) atoms. The average molecular weight is 371 g/mol. The number of carboxylic acids is 1. The molecule has 0 spiro atoms. The van der Waals surface area contributed by atoms with Crippen LogP contribution in [-0.4, -0.2) is 16.6 Å². The molecule has 0 amide bonds. The third kappa shape index (κ3) is 4.59. The van der Waals surface area contributed by atoms with Crippen LogP contribution in [0.1, 0.15) is 71.4 Å². The van der Waals surface area contributed by atoms with Gasteiger partial charge in [-0.15, -0.1) is 0 Å². The molecule has 4 nitrogen and oxygen atoms in total. The number of carboxylic acid groups (broad SMARTS) is 1. The van der Waals surface area contributed by atoms with E-state index in [0.29, 0.717) is 24.8 Å². The average Bonchev–Trinajstić information content (AvgIpc) is 2.82. The van der Waals surface area contributed by atoms with Gasteiger partial charge in [0.05, 0.1) is 5.97 Å². The Labute approximate surface area is 160 Å². The van der Waals surface area contributed by atoms with E-state index >= 15 is 0 Å². The van der Waals surface area contributed by atoms with Crippen molar-refractivity contribution in [3.05, 3.63) is 58.2 Å². The monoisotopic (exact) mass is 371 g/mol. The smallest absolute Gasteiger partial charge is 0.123 e. The molecular formula is C22H28FN2O2-. The number of hydrogen-bond donors (Lipinski definition) is 1. The van der Waals surface area contributed by atoms with Gasteiger partial charge in [-0.1, -0.05) is 37.8 Å². The van der Waals surface area contributed by atoms with Crippen LogP contribution in [0.15, 0.2) is 24.3 Å². The first-order valence-corrected chi connectivity index (χ1v) is 9.85. The van der Waals surface area contributed by atoms with Crippen LogP contribution in [0.4, 0.5) is 4.39 Å². The minimum absolute atomic E-state index is 0.275. The number of hydrogen-bond acceptors (Lipinski definition) is 3. The number of rotatable bonds is 6. The van der Waals surface area contributed by atoms with Gasteiger partial charge in [-0.25, -0.2) is 4.39 Å². The molecule has 146 valence electrons. The third-order valence-electron chi connectivity index (χ3n) is 5.79. The van der Waals surface area contributed by atoms with Gasteiger partial charge in [0.15, 0.2) is 0 Å². The van der Waals surface area contributed by atoms with E-state index in [1.54, 1.807) is 12.1 Å². The summed E-state index contributed by atoms with van der Waals surface area (Å²) in [6.07, 6.45) is 7.33. The van der Waals surface area contributed by atoms with Gasteiger partial charge in [0.25, 0.3) is 0 Å². The highest BCUT2D eigenvalue weighted by Crippen LogP contribution is 2.25. The topological polar surface area (TPSA) is 57.1 Å². The fourth-order valence-electron chi connectivity index (χ4n) is 4.18. The van der Waals surface area contributed by atoms with Crippen molar-refractivity contribution in [2.75, 3.05) is 0 Å². The Morgan fingerprint density at radius 3 is 2.33 bits per heavy atom. The van der Waals surface area contributed by atoms with Gasteiger partial charge in [-0.3, -0.25) is 0 Å². The maximum Gasteiger partial charge on any atom is 0.123 e. The lowest BCUT2D eigenvalue weighted by Gasteiger charge is -2.17. The predicted octanol–water partition coefficient (Wildman–Crippen LogP) is 3.47. The Balaban J connectivity index is 1.83. The van der Waals surface area contributed by atoms with Crippen LogP contribution in [0.25, 0.3) is 0 Å². The summed E-state index contributed by atoms with van der Waals surface area (Å²) in [5.41, 5.74) is 3.65. The van der Waals surface area contributed by atoms with E-state index in [4.69, 9.17) is 0 Å². The van der Waals surface area contributed by atoms with Crippen LogP contribution < -0.4 is 10.4 Å². The number of nitrogens with zero attached hydrogens (tertiary/aromatic N) is 1. The van der Waals surface area contributed by atoms with E-state index < -0.39 is 5.97 Å². The standard InChI is InChI=1S/C22H29FN2O2/c1-15-20(13-24-19-7-5-3-4-6-8-19)21(22(26)27)16(2)25(15)14-17-9-11-18(23)12-10-17/h9-12,19,24H,3-8,13-14H2,1-2H3,(H,26,27)/p-1. The van der Waals surface area contributed by atoms with Gasteiger partial charge < -0.3 is 19.8 Å². The van der Waals surface area contributed by atoms with E-state index in [0.717, 1.165) is 29.7 Å². The Morgan fingerprint density at radius 2 is 1.74 bits per heavy atom. The zero-order chi connectivity index (χ0) is 19.4. The lowest BCUT2D eigenvalue weighted by molar-refractivity contribution is -0.255. The van der Waals surface area contributed by atoms with Crippen molar-refractivity contribution in [3.63, 3.8) is 0 Å². The first kappa shape index (κ1) is 19.6. The van der Waals surface area contributed by atoms with Crippen LogP contribution in [0.3, 0.4) is 0 Å². The highest BCUT2D eigenvalue weighted by molar-refractivity contribution is 5.89. The van der Waals surface area contributed by atoms with E-state index in [1.165, 1.54) is 37.8 Å². The lowest BCUT2D eigenvalue weighted by Crippen LogP contribution is -2.30. The molecule has 0 radical (unpaired) electrons. The molecule has 0 saturated heterocycles. The number of benzene rings is 1. The minimum Gasteiger partial charge on any atom is -0.545 e. The molecule has 0 atom stereocenters. The molecule has 1 N–H and O–H groups in total. The van der Waals surface area contributed by atoms with Crippen molar-refractivity contribution in [2.45, 2.75) is 71.5 Å². The third-order valence-corrected chi connectivity index (χ3v) is 5.79. The number of carbonyl (C=O) groups excluding carboxylic acids is 1. The Hall–Kier alpha value is -2.14. The molecular weight excluding hydrogens is 343 g/mol. The number of aromatic carboxylic acids is 1. The van der Waals surface area contributed by atoms with Gasteiger partial charge >= 0.3 is 0 Å². The van der Waals surface area contributed by atoms with Crippen molar-refractivity contribution in [2.24, 2.45) is 0 Å². The second kappa shape index (κ2) is 8.70. The fourth-order valence-corrected chi connectivity index (χ4v) is 4.18. The summed E-state index contributed by atoms with van der Waals surface area (Å²) in [6, 6.07) is 6.77. The van der Waals surface area contributed by atoms with Crippen molar-refractivity contribution >= 4 is 5.97 Å². The molecule has 2 aromatic rings. The van der Waals surface area contributed by atoms with Crippen LogP contribution in [-0.2, 0) is 13.1 Å². The zero-order valence-electron chi connectivity index (χ0n) is 16.2. The molecule has 1 aromatic carbocycles. The second-order valence-corrected chi connectivity index (χ2v) is 7.59. The van der Waals surface area contributed by atoms with Crippen LogP contribution in [0.2, 0.25) is 0 Å². The van der Waals surface area contributed by atoms with Gasteiger partial charge in [0.1, 0.15) is 5.82 Å². The summed E-state index contributed by atoms with van der Waals surface area (Å²) in [5.74, 6) is -1.41. The van der Waals surface area contributed by atoms with Crippen LogP contribution in [0.5, 0.6) is 0 Å². The Morgan fingerprint density at radius 1 is 1.11 bits per heavy atom. The minimum atomic E-state index is -1.13. The second-order valence-electron chi connectivity index (χ2n) is 7.59. The predicted molar refractivity (Wildman–Crippen MR) is 102 cm³/mol. The molecule has 1 aliphatic rings. The number of nitrogens with one attached hydrogen (secondary N) is 1. The largest absolute Gasteiger partial charge is 0.545 e. The molecule has 3 rings (SSSR count). The van der Waals surface area contributed by atoms with Crippen LogP contribution >= 0.6 is 0 Å². The van der Waals surface area contributed by atoms with E-state index in [9.17, 15) is 14.3 Å². The fraction of sp³-hybridized carbons (Fsp3) is 0.500. The first-order chi connectivity index (χ1) is 13.0.